The van der Waals surface area contributed by atoms with Gasteiger partial charge in [-0.25, -0.2) is 4.79 Å². The Hall–Kier alpha value is -2.37. The van der Waals surface area contributed by atoms with Gasteiger partial charge in [0, 0.05) is 23.1 Å². The summed E-state index contributed by atoms with van der Waals surface area (Å²) in [6.45, 7) is 0.356. The van der Waals surface area contributed by atoms with Crippen LogP contribution in [-0.4, -0.2) is 40.7 Å². The van der Waals surface area contributed by atoms with E-state index in [-0.39, 0.29) is 19.5 Å². The summed E-state index contributed by atoms with van der Waals surface area (Å²) in [5.41, 5.74) is 1.69. The van der Waals surface area contributed by atoms with Crippen molar-refractivity contribution < 1.29 is 14.4 Å². The molecule has 1 saturated heterocycles. The third kappa shape index (κ3) is 4.49. The Kier molecular flexibility index (Phi) is 6.14. The number of amides is 4. The number of imide groups is 2. The number of barbiturate groups is 1. The summed E-state index contributed by atoms with van der Waals surface area (Å²) in [5.74, 6) is -0.961. The topological polar surface area (TPSA) is 57.7 Å². The van der Waals surface area contributed by atoms with Crippen LogP contribution in [0.5, 0.6) is 0 Å². The second-order valence-electron chi connectivity index (χ2n) is 6.23. The first-order chi connectivity index (χ1) is 13.0. The summed E-state index contributed by atoms with van der Waals surface area (Å²) < 4.78 is 0. The number of hydrogen-bond acceptors (Lipinski definition) is 3. The predicted molar refractivity (Wildman–Crippen MR) is 104 cm³/mol. The molecule has 0 atom stereocenters. The van der Waals surface area contributed by atoms with E-state index in [1.807, 2.05) is 36.4 Å². The van der Waals surface area contributed by atoms with Gasteiger partial charge in [0.15, 0.2) is 0 Å². The molecule has 1 aliphatic rings. The fraction of sp³-hybridized carbons (Fsp3) is 0.250. The number of carbonyl (C=O) groups excluding carboxylic acids is 3. The van der Waals surface area contributed by atoms with Gasteiger partial charge < -0.3 is 0 Å². The molecule has 140 valence electrons. The van der Waals surface area contributed by atoms with Crippen molar-refractivity contribution >= 4 is 41.0 Å². The quantitative estimate of drug-likeness (QED) is 0.684. The normalized spacial score (nSPS) is 14.8. The molecule has 2 aromatic carbocycles. The van der Waals surface area contributed by atoms with Crippen molar-refractivity contribution in [3.63, 3.8) is 0 Å². The summed E-state index contributed by atoms with van der Waals surface area (Å²) in [6, 6.07) is 14.0. The summed E-state index contributed by atoms with van der Waals surface area (Å²) in [4.78, 5) is 39.3. The molecule has 0 unspecified atom stereocenters. The highest BCUT2D eigenvalue weighted by Gasteiger charge is 2.37. The van der Waals surface area contributed by atoms with Crippen LogP contribution < -0.4 is 0 Å². The molecular formula is C20H18Cl2N2O3. The fourth-order valence-electron chi connectivity index (χ4n) is 2.99. The molecule has 4 amide bonds. The smallest absolute Gasteiger partial charge is 0.274 e. The minimum absolute atomic E-state index is 0.178. The maximum Gasteiger partial charge on any atom is 0.333 e. The highest BCUT2D eigenvalue weighted by molar-refractivity contribution is 6.31. The van der Waals surface area contributed by atoms with E-state index in [4.69, 9.17) is 23.2 Å². The van der Waals surface area contributed by atoms with Gasteiger partial charge in [-0.05, 0) is 36.1 Å². The molecule has 27 heavy (non-hydrogen) atoms. The Morgan fingerprint density at radius 3 is 1.52 bits per heavy atom. The van der Waals surface area contributed by atoms with Crippen molar-refractivity contribution in [3.05, 3.63) is 69.7 Å². The SMILES string of the molecule is O=C1CC(=O)N(CCc2ccccc2Cl)C(=O)N1CCc1ccccc1Cl. The van der Waals surface area contributed by atoms with Crippen molar-refractivity contribution in [2.45, 2.75) is 19.3 Å². The largest absolute Gasteiger partial charge is 0.333 e. The number of nitrogens with zero attached hydrogens (tertiary/aromatic N) is 2. The summed E-state index contributed by atoms with van der Waals surface area (Å²) in [6.07, 6.45) is 0.560. The number of halogens is 2. The van der Waals surface area contributed by atoms with E-state index in [1.165, 1.54) is 0 Å². The molecule has 0 aromatic heterocycles. The highest BCUT2D eigenvalue weighted by atomic mass is 35.5. The summed E-state index contributed by atoms with van der Waals surface area (Å²) >= 11 is 12.3. The van der Waals surface area contributed by atoms with Crippen molar-refractivity contribution in [3.8, 4) is 0 Å². The molecule has 2 aromatic rings. The maximum atomic E-state index is 12.7. The monoisotopic (exact) mass is 404 g/mol. The summed E-state index contributed by atoms with van der Waals surface area (Å²) in [5, 5.41) is 1.17. The molecule has 0 radical (unpaired) electrons. The van der Waals surface area contributed by atoms with Gasteiger partial charge in [-0.2, -0.15) is 0 Å². The van der Waals surface area contributed by atoms with Crippen LogP contribution in [0, 0.1) is 0 Å². The van der Waals surface area contributed by atoms with Gasteiger partial charge >= 0.3 is 6.03 Å². The molecule has 5 nitrogen and oxygen atoms in total. The van der Waals surface area contributed by atoms with Crippen LogP contribution >= 0.6 is 23.2 Å². The Balaban J connectivity index is 1.68. The first-order valence-corrected chi connectivity index (χ1v) is 9.34. The lowest BCUT2D eigenvalue weighted by molar-refractivity contribution is -0.142. The Morgan fingerprint density at radius 2 is 1.11 bits per heavy atom. The molecule has 0 saturated carbocycles. The molecule has 1 aliphatic heterocycles. The second kappa shape index (κ2) is 8.55. The van der Waals surface area contributed by atoms with Crippen LogP contribution in [0.25, 0.3) is 0 Å². The van der Waals surface area contributed by atoms with Gasteiger partial charge in [0.05, 0.1) is 0 Å². The average Bonchev–Trinajstić information content (AvgIpc) is 2.64. The summed E-state index contributed by atoms with van der Waals surface area (Å²) in [7, 11) is 0. The number of hydrogen-bond donors (Lipinski definition) is 0. The van der Waals surface area contributed by atoms with Crippen LogP contribution in [0.3, 0.4) is 0 Å². The van der Waals surface area contributed by atoms with Crippen LogP contribution in [0.2, 0.25) is 10.0 Å². The third-order valence-corrected chi connectivity index (χ3v) is 5.23. The zero-order chi connectivity index (χ0) is 19.4. The van der Waals surface area contributed by atoms with E-state index < -0.39 is 17.8 Å². The van der Waals surface area contributed by atoms with Crippen LogP contribution in [-0.2, 0) is 22.4 Å². The van der Waals surface area contributed by atoms with Crippen molar-refractivity contribution in [1.82, 2.24) is 9.80 Å². The number of urea groups is 1. The third-order valence-electron chi connectivity index (χ3n) is 4.49. The van der Waals surface area contributed by atoms with Gasteiger partial charge in [0.2, 0.25) is 11.8 Å². The highest BCUT2D eigenvalue weighted by Crippen LogP contribution is 2.20. The number of benzene rings is 2. The van der Waals surface area contributed by atoms with Crippen molar-refractivity contribution in [2.75, 3.05) is 13.1 Å². The van der Waals surface area contributed by atoms with Crippen LogP contribution in [0.15, 0.2) is 48.5 Å². The average molecular weight is 405 g/mol. The van der Waals surface area contributed by atoms with E-state index in [2.05, 4.69) is 0 Å². The minimum Gasteiger partial charge on any atom is -0.274 e. The van der Waals surface area contributed by atoms with E-state index in [1.54, 1.807) is 12.1 Å². The molecule has 1 heterocycles. The molecule has 0 bridgehead atoms. The van der Waals surface area contributed by atoms with Gasteiger partial charge in [0.25, 0.3) is 0 Å². The van der Waals surface area contributed by atoms with Gasteiger partial charge in [-0.3, -0.25) is 19.4 Å². The molecule has 0 aliphatic carbocycles. The minimum atomic E-state index is -0.588. The van der Waals surface area contributed by atoms with Crippen molar-refractivity contribution in [1.29, 1.82) is 0 Å². The van der Waals surface area contributed by atoms with Gasteiger partial charge in [0.1, 0.15) is 6.42 Å². The number of rotatable bonds is 6. The molecule has 0 spiro atoms. The molecule has 7 heteroatoms. The van der Waals surface area contributed by atoms with E-state index >= 15 is 0 Å². The van der Waals surface area contributed by atoms with Crippen molar-refractivity contribution in [2.24, 2.45) is 0 Å². The lowest BCUT2D eigenvalue weighted by Crippen LogP contribution is -2.55. The Morgan fingerprint density at radius 1 is 0.704 bits per heavy atom. The molecule has 0 N–H and O–H groups in total. The molecular weight excluding hydrogens is 387 g/mol. The Labute approximate surface area is 167 Å². The first kappa shape index (κ1) is 19.4. The van der Waals surface area contributed by atoms with Crippen LogP contribution in [0.4, 0.5) is 4.79 Å². The first-order valence-electron chi connectivity index (χ1n) is 8.59. The van der Waals surface area contributed by atoms with E-state index in [9.17, 15) is 14.4 Å². The fourth-order valence-corrected chi connectivity index (χ4v) is 3.45. The lowest BCUT2D eigenvalue weighted by Gasteiger charge is -2.32. The molecule has 3 rings (SSSR count). The Bertz CT molecular complexity index is 816. The maximum absolute atomic E-state index is 12.7. The zero-order valence-corrected chi connectivity index (χ0v) is 16.0. The van der Waals surface area contributed by atoms with E-state index in [0.717, 1.165) is 20.9 Å². The lowest BCUT2D eigenvalue weighted by atomic mass is 10.1. The van der Waals surface area contributed by atoms with E-state index in [0.29, 0.717) is 22.9 Å². The second-order valence-corrected chi connectivity index (χ2v) is 7.05. The van der Waals surface area contributed by atoms with Crippen LogP contribution in [0.1, 0.15) is 17.5 Å². The van der Waals surface area contributed by atoms with Gasteiger partial charge in [-0.1, -0.05) is 59.6 Å². The standard InChI is InChI=1S/C20H18Cl2N2O3/c21-16-7-3-1-5-14(16)9-11-23-18(25)13-19(26)24(20(23)27)12-10-15-6-2-4-8-17(15)22/h1-8H,9-13H2. The number of carbonyl (C=O) groups is 3. The van der Waals surface area contributed by atoms with Gasteiger partial charge in [-0.15, -0.1) is 0 Å². The zero-order valence-electron chi connectivity index (χ0n) is 14.5. The predicted octanol–water partition coefficient (Wildman–Crippen LogP) is 3.96. The molecule has 1 fully saturated rings.